The molecule has 0 fully saturated rings. The van der Waals surface area contributed by atoms with Gasteiger partial charge in [-0.15, -0.1) is 0 Å². The summed E-state index contributed by atoms with van der Waals surface area (Å²) < 4.78 is 0. The van der Waals surface area contributed by atoms with Crippen LogP contribution in [-0.4, -0.2) is 6.21 Å². The van der Waals surface area contributed by atoms with E-state index < -0.39 is 0 Å². The number of hydrogen-bond acceptors (Lipinski definition) is 2. The summed E-state index contributed by atoms with van der Waals surface area (Å²) in [5.74, 6) is 0. The van der Waals surface area contributed by atoms with Gasteiger partial charge in [0.15, 0.2) is 0 Å². The third-order valence-corrected chi connectivity index (χ3v) is 1.52. The summed E-state index contributed by atoms with van der Waals surface area (Å²) >= 11 is 0. The van der Waals surface area contributed by atoms with Gasteiger partial charge in [-0.05, 0) is 6.08 Å². The number of aliphatic imine (C=N–C) groups is 1. The standard InChI is InChI=1S/C9H14N2/c1-9(2,3)8-7-10-5-4-6-11-8/h4-7,11H,1-3H3. The van der Waals surface area contributed by atoms with Gasteiger partial charge in [0.1, 0.15) is 0 Å². The van der Waals surface area contributed by atoms with Crippen LogP contribution < -0.4 is 5.32 Å². The van der Waals surface area contributed by atoms with Crippen molar-refractivity contribution in [3.05, 3.63) is 24.2 Å². The van der Waals surface area contributed by atoms with Crippen LogP contribution in [0.25, 0.3) is 0 Å². The normalized spacial score (nSPS) is 17.2. The van der Waals surface area contributed by atoms with Crippen LogP contribution >= 0.6 is 0 Å². The minimum atomic E-state index is 0.145. The Hall–Kier alpha value is -1.05. The quantitative estimate of drug-likeness (QED) is 0.561. The van der Waals surface area contributed by atoms with Gasteiger partial charge < -0.3 is 5.32 Å². The van der Waals surface area contributed by atoms with Gasteiger partial charge in [0.25, 0.3) is 0 Å². The highest BCUT2D eigenvalue weighted by atomic mass is 14.9. The Morgan fingerprint density at radius 3 is 2.73 bits per heavy atom. The van der Waals surface area contributed by atoms with Gasteiger partial charge in [0.05, 0.1) is 0 Å². The van der Waals surface area contributed by atoms with Gasteiger partial charge >= 0.3 is 0 Å². The molecule has 0 aromatic rings. The Bertz CT molecular complexity index is 216. The van der Waals surface area contributed by atoms with E-state index in [9.17, 15) is 0 Å². The van der Waals surface area contributed by atoms with Crippen molar-refractivity contribution in [3.8, 4) is 0 Å². The molecule has 1 aliphatic heterocycles. The molecular weight excluding hydrogens is 136 g/mol. The molecule has 0 aromatic carbocycles. The number of rotatable bonds is 0. The molecule has 0 aromatic heterocycles. The summed E-state index contributed by atoms with van der Waals surface area (Å²) in [6, 6.07) is 0. The molecule has 2 nitrogen and oxygen atoms in total. The Labute approximate surface area is 67.7 Å². The van der Waals surface area contributed by atoms with Crippen LogP contribution in [0.4, 0.5) is 0 Å². The van der Waals surface area contributed by atoms with Crippen LogP contribution in [-0.2, 0) is 0 Å². The Balaban J connectivity index is 2.81. The van der Waals surface area contributed by atoms with Gasteiger partial charge in [-0.3, -0.25) is 4.99 Å². The molecule has 2 heteroatoms. The zero-order valence-corrected chi connectivity index (χ0v) is 7.26. The zero-order chi connectivity index (χ0) is 8.32. The van der Waals surface area contributed by atoms with Gasteiger partial charge in [-0.1, -0.05) is 20.8 Å². The number of allylic oxidation sites excluding steroid dienone is 2. The molecule has 0 saturated heterocycles. The molecule has 0 amide bonds. The topological polar surface area (TPSA) is 24.4 Å². The van der Waals surface area contributed by atoms with E-state index in [-0.39, 0.29) is 5.41 Å². The average Bonchev–Trinajstić information content (AvgIpc) is 2.10. The van der Waals surface area contributed by atoms with Gasteiger partial charge in [0.2, 0.25) is 0 Å². The summed E-state index contributed by atoms with van der Waals surface area (Å²) in [5, 5.41) is 3.18. The van der Waals surface area contributed by atoms with Crippen molar-refractivity contribution in [2.45, 2.75) is 20.8 Å². The molecule has 0 unspecified atom stereocenters. The largest absolute Gasteiger partial charge is 0.363 e. The van der Waals surface area contributed by atoms with E-state index in [1.54, 1.807) is 6.21 Å². The van der Waals surface area contributed by atoms with Crippen LogP contribution in [0.15, 0.2) is 29.2 Å². The summed E-state index contributed by atoms with van der Waals surface area (Å²) in [6.07, 6.45) is 7.41. The monoisotopic (exact) mass is 150 g/mol. The SMILES string of the molecule is CC(C)(C)C1=CN=CC=CN1. The molecule has 0 bridgehead atoms. The molecule has 1 heterocycles. The second kappa shape index (κ2) is 2.91. The first-order chi connectivity index (χ1) is 5.11. The van der Waals surface area contributed by atoms with Crippen LogP contribution in [0.3, 0.4) is 0 Å². The molecule has 11 heavy (non-hydrogen) atoms. The summed E-state index contributed by atoms with van der Waals surface area (Å²) in [7, 11) is 0. The molecule has 0 aliphatic carbocycles. The molecule has 0 spiro atoms. The van der Waals surface area contributed by atoms with Crippen molar-refractivity contribution in [1.82, 2.24) is 5.32 Å². The minimum absolute atomic E-state index is 0.145. The van der Waals surface area contributed by atoms with E-state index in [4.69, 9.17) is 0 Å². The maximum Gasteiger partial charge on any atom is 0.0466 e. The smallest absolute Gasteiger partial charge is 0.0466 e. The van der Waals surface area contributed by atoms with E-state index in [0.717, 1.165) is 5.70 Å². The van der Waals surface area contributed by atoms with Crippen LogP contribution in [0, 0.1) is 5.41 Å². The van der Waals surface area contributed by atoms with E-state index in [2.05, 4.69) is 31.1 Å². The number of hydrogen-bond donors (Lipinski definition) is 1. The molecule has 1 N–H and O–H groups in total. The van der Waals surface area contributed by atoms with Gasteiger partial charge in [0, 0.05) is 29.7 Å². The van der Waals surface area contributed by atoms with Gasteiger partial charge in [-0.2, -0.15) is 0 Å². The predicted molar refractivity (Wildman–Crippen MR) is 48.3 cm³/mol. The third kappa shape index (κ3) is 2.22. The number of nitrogens with zero attached hydrogens (tertiary/aromatic N) is 1. The lowest BCUT2D eigenvalue weighted by atomic mass is 9.92. The fraction of sp³-hybridized carbons (Fsp3) is 0.444. The van der Waals surface area contributed by atoms with E-state index in [1.807, 2.05) is 18.5 Å². The first kappa shape index (κ1) is 8.05. The van der Waals surface area contributed by atoms with Crippen molar-refractivity contribution in [1.29, 1.82) is 0 Å². The Morgan fingerprint density at radius 2 is 2.09 bits per heavy atom. The van der Waals surface area contributed by atoms with Crippen molar-refractivity contribution < 1.29 is 0 Å². The molecule has 60 valence electrons. The average molecular weight is 150 g/mol. The maximum absolute atomic E-state index is 4.08. The fourth-order valence-corrected chi connectivity index (χ4v) is 0.796. The van der Waals surface area contributed by atoms with E-state index in [1.165, 1.54) is 0 Å². The van der Waals surface area contributed by atoms with Crippen molar-refractivity contribution >= 4 is 6.21 Å². The van der Waals surface area contributed by atoms with Crippen LogP contribution in [0.1, 0.15) is 20.8 Å². The predicted octanol–water partition coefficient (Wildman–Crippen LogP) is 2.06. The van der Waals surface area contributed by atoms with Crippen LogP contribution in [0.5, 0.6) is 0 Å². The van der Waals surface area contributed by atoms with E-state index >= 15 is 0 Å². The number of nitrogens with one attached hydrogen (secondary N) is 1. The third-order valence-electron chi connectivity index (χ3n) is 1.52. The van der Waals surface area contributed by atoms with Crippen molar-refractivity contribution in [2.75, 3.05) is 0 Å². The minimum Gasteiger partial charge on any atom is -0.363 e. The highest BCUT2D eigenvalue weighted by Gasteiger charge is 2.15. The lowest BCUT2D eigenvalue weighted by Crippen LogP contribution is -2.19. The molecule has 1 rings (SSSR count). The van der Waals surface area contributed by atoms with E-state index in [0.29, 0.717) is 0 Å². The van der Waals surface area contributed by atoms with Crippen LogP contribution in [0.2, 0.25) is 0 Å². The highest BCUT2D eigenvalue weighted by Crippen LogP contribution is 2.22. The molecular formula is C9H14N2. The molecule has 0 radical (unpaired) electrons. The Kier molecular flexibility index (Phi) is 2.13. The molecule has 0 atom stereocenters. The molecule has 1 aliphatic rings. The van der Waals surface area contributed by atoms with Gasteiger partial charge in [-0.25, -0.2) is 0 Å². The lowest BCUT2D eigenvalue weighted by Gasteiger charge is -2.21. The maximum atomic E-state index is 4.08. The summed E-state index contributed by atoms with van der Waals surface area (Å²) in [5.41, 5.74) is 1.29. The summed E-state index contributed by atoms with van der Waals surface area (Å²) in [6.45, 7) is 6.46. The first-order valence-corrected chi connectivity index (χ1v) is 3.76. The van der Waals surface area contributed by atoms with Crippen molar-refractivity contribution in [3.63, 3.8) is 0 Å². The lowest BCUT2D eigenvalue weighted by molar-refractivity contribution is 0.477. The summed E-state index contributed by atoms with van der Waals surface area (Å²) in [4.78, 5) is 4.08. The fourth-order valence-electron chi connectivity index (χ4n) is 0.796. The first-order valence-electron chi connectivity index (χ1n) is 3.76. The highest BCUT2D eigenvalue weighted by molar-refractivity contribution is 5.72. The van der Waals surface area contributed by atoms with Crippen molar-refractivity contribution in [2.24, 2.45) is 10.4 Å². The second-order valence-electron chi connectivity index (χ2n) is 3.59. The second-order valence-corrected chi connectivity index (χ2v) is 3.59. The zero-order valence-electron chi connectivity index (χ0n) is 7.26. The Morgan fingerprint density at radius 1 is 1.36 bits per heavy atom. The molecule has 0 saturated carbocycles.